The Balaban J connectivity index is 0.000000320. The van der Waals surface area contributed by atoms with Gasteiger partial charge in [-0.15, -0.1) is 0 Å². The summed E-state index contributed by atoms with van der Waals surface area (Å²) in [6, 6.07) is -0.449. The van der Waals surface area contributed by atoms with E-state index in [-0.39, 0.29) is 35.9 Å². The Bertz CT molecular complexity index is 675. The highest BCUT2D eigenvalue weighted by molar-refractivity contribution is 5.75. The molecule has 0 aliphatic carbocycles. The van der Waals surface area contributed by atoms with E-state index in [9.17, 15) is 19.5 Å². The second-order valence-corrected chi connectivity index (χ2v) is 11.9. The zero-order valence-corrected chi connectivity index (χ0v) is 21.7. The first-order valence-corrected chi connectivity index (χ1v) is 11.5. The van der Waals surface area contributed by atoms with Gasteiger partial charge in [0.25, 0.3) is 0 Å². The molecule has 2 aliphatic heterocycles. The standard InChI is InChI=1S/C12H23NO3.C12H21NO3/c2*1-11(2,3)16-10(15)13-9(8-14)6-7-12(13,4)5/h9,14H,6-8H2,1-5H3;8-9H,6-7H2,1-5H3/t2*9-/m11/s1. The summed E-state index contributed by atoms with van der Waals surface area (Å²) in [4.78, 5) is 38.2. The van der Waals surface area contributed by atoms with E-state index in [4.69, 9.17) is 9.47 Å². The lowest BCUT2D eigenvalue weighted by Gasteiger charge is -2.36. The maximum absolute atomic E-state index is 12.0. The molecule has 186 valence electrons. The van der Waals surface area contributed by atoms with Crippen LogP contribution in [0, 0.1) is 0 Å². The number of hydrogen-bond acceptors (Lipinski definition) is 6. The molecular weight excluding hydrogens is 412 g/mol. The van der Waals surface area contributed by atoms with Gasteiger partial charge in [-0.1, -0.05) is 0 Å². The Morgan fingerprint density at radius 3 is 1.69 bits per heavy atom. The average Bonchev–Trinajstić information content (AvgIpc) is 3.06. The number of hydrogen-bond donors (Lipinski definition) is 1. The smallest absolute Gasteiger partial charge is 0.411 e. The predicted molar refractivity (Wildman–Crippen MR) is 123 cm³/mol. The Morgan fingerprint density at radius 1 is 0.875 bits per heavy atom. The number of amides is 2. The van der Waals surface area contributed by atoms with Crippen molar-refractivity contribution in [3.8, 4) is 0 Å². The molecule has 0 aromatic heterocycles. The number of aldehydes is 1. The number of rotatable bonds is 2. The molecule has 1 N–H and O–H groups in total. The molecular formula is C24H44N2O6. The Morgan fingerprint density at radius 2 is 1.28 bits per heavy atom. The van der Waals surface area contributed by atoms with Gasteiger partial charge in [-0.2, -0.15) is 0 Å². The number of aliphatic hydroxyl groups excluding tert-OH is 1. The third kappa shape index (κ3) is 7.64. The van der Waals surface area contributed by atoms with Crippen molar-refractivity contribution in [1.82, 2.24) is 9.80 Å². The predicted octanol–water partition coefficient (Wildman–Crippen LogP) is 4.52. The molecule has 0 saturated carbocycles. The van der Waals surface area contributed by atoms with E-state index in [1.54, 1.807) is 9.80 Å². The van der Waals surface area contributed by atoms with Gasteiger partial charge in [0.05, 0.1) is 18.7 Å². The van der Waals surface area contributed by atoms with Gasteiger partial charge in [0.2, 0.25) is 0 Å². The molecule has 0 aromatic carbocycles. The first-order valence-electron chi connectivity index (χ1n) is 11.5. The number of carbonyl (C=O) groups excluding carboxylic acids is 3. The van der Waals surface area contributed by atoms with Crippen LogP contribution in [0.3, 0.4) is 0 Å². The van der Waals surface area contributed by atoms with Crippen LogP contribution in [0.2, 0.25) is 0 Å². The van der Waals surface area contributed by atoms with E-state index in [0.717, 1.165) is 32.0 Å². The van der Waals surface area contributed by atoms with Gasteiger partial charge in [-0.3, -0.25) is 9.80 Å². The van der Waals surface area contributed by atoms with Crippen LogP contribution in [-0.4, -0.2) is 74.3 Å². The topological polar surface area (TPSA) is 96.4 Å². The zero-order valence-electron chi connectivity index (χ0n) is 21.7. The molecule has 8 nitrogen and oxygen atoms in total. The van der Waals surface area contributed by atoms with E-state index in [1.165, 1.54) is 0 Å². The Kier molecular flexibility index (Phi) is 8.79. The molecule has 0 unspecified atom stereocenters. The number of likely N-dealkylation sites (tertiary alicyclic amines) is 2. The SMILES string of the molecule is CC(C)(C)OC(=O)N1[C@@H](C=O)CCC1(C)C.CC(C)(C)OC(=O)N1[C@@H](CO)CCC1(C)C. The van der Waals surface area contributed by atoms with Crippen LogP contribution >= 0.6 is 0 Å². The van der Waals surface area contributed by atoms with Gasteiger partial charge in [-0.25, -0.2) is 9.59 Å². The summed E-state index contributed by atoms with van der Waals surface area (Å²) in [5.74, 6) is 0. The molecule has 32 heavy (non-hydrogen) atoms. The molecule has 2 amide bonds. The van der Waals surface area contributed by atoms with Gasteiger partial charge in [0.1, 0.15) is 17.5 Å². The Labute approximate surface area is 193 Å². The van der Waals surface area contributed by atoms with Crippen LogP contribution < -0.4 is 0 Å². The van der Waals surface area contributed by atoms with Crippen molar-refractivity contribution in [2.45, 2.75) is 129 Å². The van der Waals surface area contributed by atoms with Gasteiger partial charge in [-0.05, 0) is 94.9 Å². The molecule has 0 aromatic rings. The van der Waals surface area contributed by atoms with E-state index < -0.39 is 17.3 Å². The van der Waals surface area contributed by atoms with E-state index in [2.05, 4.69) is 0 Å². The average molecular weight is 457 g/mol. The van der Waals surface area contributed by atoms with Crippen LogP contribution in [0.4, 0.5) is 9.59 Å². The largest absolute Gasteiger partial charge is 0.444 e. The molecule has 2 rings (SSSR count). The van der Waals surface area contributed by atoms with E-state index in [0.29, 0.717) is 0 Å². The Hall–Kier alpha value is -1.83. The van der Waals surface area contributed by atoms with Crippen molar-refractivity contribution in [3.63, 3.8) is 0 Å². The van der Waals surface area contributed by atoms with Crippen molar-refractivity contribution in [3.05, 3.63) is 0 Å². The van der Waals surface area contributed by atoms with Crippen LogP contribution in [0.1, 0.15) is 94.9 Å². The van der Waals surface area contributed by atoms with Crippen molar-refractivity contribution >= 4 is 18.5 Å². The molecule has 0 radical (unpaired) electrons. The van der Waals surface area contributed by atoms with E-state index >= 15 is 0 Å². The minimum atomic E-state index is -0.525. The summed E-state index contributed by atoms with van der Waals surface area (Å²) in [6.45, 7) is 19.0. The van der Waals surface area contributed by atoms with Crippen molar-refractivity contribution < 1.29 is 29.0 Å². The highest BCUT2D eigenvalue weighted by Crippen LogP contribution is 2.35. The fourth-order valence-corrected chi connectivity index (χ4v) is 4.17. The minimum Gasteiger partial charge on any atom is -0.444 e. The van der Waals surface area contributed by atoms with Crippen molar-refractivity contribution in [2.75, 3.05) is 6.61 Å². The quantitative estimate of drug-likeness (QED) is 0.614. The van der Waals surface area contributed by atoms with Gasteiger partial charge in [0, 0.05) is 11.1 Å². The lowest BCUT2D eigenvalue weighted by atomic mass is 10.0. The van der Waals surface area contributed by atoms with Gasteiger partial charge in [0.15, 0.2) is 0 Å². The third-order valence-electron chi connectivity index (χ3n) is 5.69. The zero-order chi connectivity index (χ0) is 25.1. The lowest BCUT2D eigenvalue weighted by molar-refractivity contribution is -0.112. The van der Waals surface area contributed by atoms with Gasteiger partial charge >= 0.3 is 12.2 Å². The maximum atomic E-state index is 12.0. The summed E-state index contributed by atoms with van der Waals surface area (Å²) in [6.07, 6.45) is 3.39. The van der Waals surface area contributed by atoms with Crippen LogP contribution in [0.25, 0.3) is 0 Å². The van der Waals surface area contributed by atoms with Crippen LogP contribution in [0.5, 0.6) is 0 Å². The summed E-state index contributed by atoms with van der Waals surface area (Å²) in [5.41, 5.74) is -1.54. The van der Waals surface area contributed by atoms with E-state index in [1.807, 2.05) is 69.2 Å². The normalized spacial score (nSPS) is 24.5. The molecule has 2 heterocycles. The number of nitrogens with zero attached hydrogens (tertiary/aromatic N) is 2. The summed E-state index contributed by atoms with van der Waals surface area (Å²) in [7, 11) is 0. The van der Waals surface area contributed by atoms with Crippen LogP contribution in [-0.2, 0) is 14.3 Å². The first-order chi connectivity index (χ1) is 14.3. The highest BCUT2D eigenvalue weighted by Gasteiger charge is 2.45. The molecule has 0 bridgehead atoms. The second-order valence-electron chi connectivity index (χ2n) is 11.9. The van der Waals surface area contributed by atoms with Crippen molar-refractivity contribution in [2.24, 2.45) is 0 Å². The maximum Gasteiger partial charge on any atom is 0.411 e. The molecule has 2 aliphatic rings. The fraction of sp³-hybridized carbons (Fsp3) is 0.875. The molecule has 2 atom stereocenters. The second kappa shape index (κ2) is 9.98. The summed E-state index contributed by atoms with van der Waals surface area (Å²) in [5, 5.41) is 9.27. The number of aliphatic hydroxyl groups is 1. The first kappa shape index (κ1) is 28.2. The number of ether oxygens (including phenoxy) is 2. The minimum absolute atomic E-state index is 0.00265. The molecule has 2 saturated heterocycles. The fourth-order valence-electron chi connectivity index (χ4n) is 4.17. The van der Waals surface area contributed by atoms with Crippen molar-refractivity contribution in [1.29, 1.82) is 0 Å². The number of carbonyl (C=O) groups is 3. The molecule has 0 spiro atoms. The molecule has 2 fully saturated rings. The highest BCUT2D eigenvalue weighted by atomic mass is 16.6. The third-order valence-corrected chi connectivity index (χ3v) is 5.69. The monoisotopic (exact) mass is 456 g/mol. The molecule has 8 heteroatoms. The summed E-state index contributed by atoms with van der Waals surface area (Å²) >= 11 is 0. The lowest BCUT2D eigenvalue weighted by Crippen LogP contribution is -2.50. The summed E-state index contributed by atoms with van der Waals surface area (Å²) < 4.78 is 10.7. The van der Waals surface area contributed by atoms with Crippen LogP contribution in [0.15, 0.2) is 0 Å². The van der Waals surface area contributed by atoms with Gasteiger partial charge < -0.3 is 19.4 Å².